The van der Waals surface area contributed by atoms with Gasteiger partial charge < -0.3 is 5.32 Å². The Morgan fingerprint density at radius 2 is 1.95 bits per heavy atom. The van der Waals surface area contributed by atoms with Crippen LogP contribution in [0.4, 0.5) is 0 Å². The second kappa shape index (κ2) is 6.82. The third kappa shape index (κ3) is 4.12. The minimum absolute atomic E-state index is 0.489. The molecule has 0 aromatic rings. The van der Waals surface area contributed by atoms with Gasteiger partial charge in [-0.2, -0.15) is 11.8 Å². The predicted octanol–water partition coefficient (Wildman–Crippen LogP) is 3.23. The molecule has 1 N–H and O–H groups in total. The monoisotopic (exact) mass is 284 g/mol. The summed E-state index contributed by atoms with van der Waals surface area (Å²) in [4.78, 5) is 2.82. The minimum Gasteiger partial charge on any atom is -0.317 e. The third-order valence-electron chi connectivity index (χ3n) is 5.06. The summed E-state index contributed by atoms with van der Waals surface area (Å²) in [6.07, 6.45) is 4.10. The van der Waals surface area contributed by atoms with Crippen LogP contribution in [0, 0.1) is 11.3 Å². The zero-order valence-electron chi connectivity index (χ0n) is 13.2. The summed E-state index contributed by atoms with van der Waals surface area (Å²) in [5.41, 5.74) is 0.489. The molecule has 0 bridgehead atoms. The quantitative estimate of drug-likeness (QED) is 0.853. The molecule has 2 nitrogen and oxygen atoms in total. The van der Waals surface area contributed by atoms with Crippen LogP contribution in [0.2, 0.25) is 0 Å². The highest BCUT2D eigenvalue weighted by atomic mass is 32.2. The van der Waals surface area contributed by atoms with Crippen LogP contribution in [0.15, 0.2) is 0 Å². The number of hydrogen-bond donors (Lipinski definition) is 1. The van der Waals surface area contributed by atoms with Crippen LogP contribution in [0.1, 0.15) is 47.0 Å². The zero-order chi connectivity index (χ0) is 13.9. The van der Waals surface area contributed by atoms with E-state index in [0.717, 1.165) is 12.0 Å². The van der Waals surface area contributed by atoms with E-state index in [9.17, 15) is 0 Å². The van der Waals surface area contributed by atoms with Gasteiger partial charge in [0, 0.05) is 24.4 Å². The lowest BCUT2D eigenvalue weighted by Crippen LogP contribution is -2.54. The summed E-state index contributed by atoms with van der Waals surface area (Å²) in [5.74, 6) is 3.59. The Morgan fingerprint density at radius 3 is 2.53 bits per heavy atom. The SMILES string of the molecule is CC(C)N(CC1CCNCC1)C1CSCCC1(C)C. The fraction of sp³-hybridized carbons (Fsp3) is 1.00. The van der Waals surface area contributed by atoms with Crippen molar-refractivity contribution in [3.05, 3.63) is 0 Å². The Bertz CT molecular complexity index is 272. The Hall–Kier alpha value is 0.270. The van der Waals surface area contributed by atoms with Gasteiger partial charge in [-0.3, -0.25) is 4.90 Å². The maximum atomic E-state index is 3.49. The average Bonchev–Trinajstić information content (AvgIpc) is 2.37. The highest BCUT2D eigenvalue weighted by molar-refractivity contribution is 7.99. The molecule has 0 aliphatic carbocycles. The molecule has 0 spiro atoms. The van der Waals surface area contributed by atoms with E-state index in [1.807, 2.05) is 0 Å². The topological polar surface area (TPSA) is 15.3 Å². The number of nitrogens with zero attached hydrogens (tertiary/aromatic N) is 1. The maximum Gasteiger partial charge on any atom is 0.0240 e. The molecule has 112 valence electrons. The number of nitrogens with one attached hydrogen (secondary N) is 1. The first kappa shape index (κ1) is 15.7. The van der Waals surface area contributed by atoms with Gasteiger partial charge >= 0.3 is 0 Å². The van der Waals surface area contributed by atoms with Gasteiger partial charge in [0.1, 0.15) is 0 Å². The lowest BCUT2D eigenvalue weighted by atomic mass is 9.80. The van der Waals surface area contributed by atoms with E-state index in [0.29, 0.717) is 11.5 Å². The molecule has 1 unspecified atom stereocenters. The second-order valence-electron chi connectivity index (χ2n) is 7.31. The van der Waals surface area contributed by atoms with Crippen molar-refractivity contribution in [2.24, 2.45) is 11.3 Å². The first-order valence-electron chi connectivity index (χ1n) is 8.05. The van der Waals surface area contributed by atoms with Gasteiger partial charge in [0.25, 0.3) is 0 Å². The Morgan fingerprint density at radius 1 is 1.26 bits per heavy atom. The average molecular weight is 285 g/mol. The van der Waals surface area contributed by atoms with E-state index >= 15 is 0 Å². The molecule has 1 atom stereocenters. The Kier molecular flexibility index (Phi) is 5.62. The molecule has 0 aromatic carbocycles. The second-order valence-corrected chi connectivity index (χ2v) is 8.46. The molecule has 19 heavy (non-hydrogen) atoms. The van der Waals surface area contributed by atoms with Crippen LogP contribution in [0.25, 0.3) is 0 Å². The van der Waals surface area contributed by atoms with E-state index in [4.69, 9.17) is 0 Å². The lowest BCUT2D eigenvalue weighted by Gasteiger charge is -2.48. The first-order chi connectivity index (χ1) is 9.00. The largest absolute Gasteiger partial charge is 0.317 e. The summed E-state index contributed by atoms with van der Waals surface area (Å²) in [5, 5.41) is 3.49. The molecular formula is C16H32N2S. The van der Waals surface area contributed by atoms with Crippen molar-refractivity contribution in [2.75, 3.05) is 31.1 Å². The molecular weight excluding hydrogens is 252 g/mol. The summed E-state index contributed by atoms with van der Waals surface area (Å²) < 4.78 is 0. The highest BCUT2D eigenvalue weighted by Gasteiger charge is 2.38. The fourth-order valence-electron chi connectivity index (χ4n) is 3.53. The highest BCUT2D eigenvalue weighted by Crippen LogP contribution is 2.38. The molecule has 3 heteroatoms. The van der Waals surface area contributed by atoms with Crippen LogP contribution >= 0.6 is 11.8 Å². The van der Waals surface area contributed by atoms with Crippen LogP contribution in [0.5, 0.6) is 0 Å². The number of rotatable bonds is 4. The normalized spacial score (nSPS) is 29.1. The smallest absolute Gasteiger partial charge is 0.0240 e. The van der Waals surface area contributed by atoms with Gasteiger partial charge in [0.2, 0.25) is 0 Å². The van der Waals surface area contributed by atoms with Crippen molar-refractivity contribution in [3.63, 3.8) is 0 Å². The lowest BCUT2D eigenvalue weighted by molar-refractivity contribution is 0.0508. The zero-order valence-corrected chi connectivity index (χ0v) is 14.1. The van der Waals surface area contributed by atoms with Crippen molar-refractivity contribution in [1.82, 2.24) is 10.2 Å². The Labute approximate surface area is 124 Å². The van der Waals surface area contributed by atoms with Crippen LogP contribution in [-0.4, -0.2) is 48.1 Å². The first-order valence-corrected chi connectivity index (χ1v) is 9.20. The van der Waals surface area contributed by atoms with Crippen LogP contribution in [-0.2, 0) is 0 Å². The van der Waals surface area contributed by atoms with Crippen LogP contribution in [0.3, 0.4) is 0 Å². The molecule has 2 saturated heterocycles. The van der Waals surface area contributed by atoms with Crippen molar-refractivity contribution >= 4 is 11.8 Å². The summed E-state index contributed by atoms with van der Waals surface area (Å²) in [7, 11) is 0. The van der Waals surface area contributed by atoms with Gasteiger partial charge in [0.05, 0.1) is 0 Å². The van der Waals surface area contributed by atoms with Gasteiger partial charge in [-0.25, -0.2) is 0 Å². The molecule has 2 aliphatic rings. The van der Waals surface area contributed by atoms with Crippen molar-refractivity contribution in [2.45, 2.75) is 59.0 Å². The van der Waals surface area contributed by atoms with Gasteiger partial charge in [-0.1, -0.05) is 13.8 Å². The van der Waals surface area contributed by atoms with Gasteiger partial charge in [-0.05, 0) is 63.3 Å². The van der Waals surface area contributed by atoms with E-state index < -0.39 is 0 Å². The molecule has 2 rings (SSSR count). The van der Waals surface area contributed by atoms with Crippen molar-refractivity contribution < 1.29 is 0 Å². The molecule has 2 heterocycles. The maximum absolute atomic E-state index is 3.49. The molecule has 0 saturated carbocycles. The van der Waals surface area contributed by atoms with E-state index in [1.54, 1.807) is 0 Å². The predicted molar refractivity (Wildman–Crippen MR) is 86.9 cm³/mol. The summed E-state index contributed by atoms with van der Waals surface area (Å²) >= 11 is 2.16. The number of hydrogen-bond acceptors (Lipinski definition) is 3. The van der Waals surface area contributed by atoms with Crippen molar-refractivity contribution in [1.29, 1.82) is 0 Å². The van der Waals surface area contributed by atoms with Gasteiger partial charge in [-0.15, -0.1) is 0 Å². The van der Waals surface area contributed by atoms with E-state index in [1.165, 1.54) is 50.4 Å². The van der Waals surface area contributed by atoms with Crippen LogP contribution < -0.4 is 5.32 Å². The third-order valence-corrected chi connectivity index (χ3v) is 6.10. The molecule has 0 aromatic heterocycles. The molecule has 2 aliphatic heterocycles. The number of thioether (sulfide) groups is 1. The van der Waals surface area contributed by atoms with E-state index in [2.05, 4.69) is 49.7 Å². The minimum atomic E-state index is 0.489. The molecule has 0 amide bonds. The van der Waals surface area contributed by atoms with Gasteiger partial charge in [0.15, 0.2) is 0 Å². The van der Waals surface area contributed by atoms with Crippen molar-refractivity contribution in [3.8, 4) is 0 Å². The molecule has 2 fully saturated rings. The fourth-order valence-corrected chi connectivity index (χ4v) is 5.23. The standard InChI is InChI=1S/C16H32N2S/c1-13(2)18(11-14-5-8-17-9-6-14)15-12-19-10-7-16(15,3)4/h13-15,17H,5-12H2,1-4H3. The Balaban J connectivity index is 2.01. The van der Waals surface area contributed by atoms with E-state index in [-0.39, 0.29) is 0 Å². The molecule has 0 radical (unpaired) electrons. The summed E-state index contributed by atoms with van der Waals surface area (Å²) in [6, 6.07) is 1.44. The summed E-state index contributed by atoms with van der Waals surface area (Å²) in [6.45, 7) is 13.5. The number of piperidine rings is 1.